The summed E-state index contributed by atoms with van der Waals surface area (Å²) in [6.07, 6.45) is 0. The van der Waals surface area contributed by atoms with Gasteiger partial charge in [0.15, 0.2) is 0 Å². The Labute approximate surface area is 125 Å². The van der Waals surface area contributed by atoms with Crippen LogP contribution in [0.25, 0.3) is 0 Å². The van der Waals surface area contributed by atoms with Crippen LogP contribution < -0.4 is 10.1 Å². The molecular formula is C17H23NOS. The van der Waals surface area contributed by atoms with E-state index in [1.165, 1.54) is 21.6 Å². The Kier molecular flexibility index (Phi) is 5.21. The molecule has 108 valence electrons. The van der Waals surface area contributed by atoms with Crippen molar-refractivity contribution in [3.8, 4) is 5.75 Å². The zero-order chi connectivity index (χ0) is 14.5. The topological polar surface area (TPSA) is 21.3 Å². The van der Waals surface area contributed by atoms with Crippen molar-refractivity contribution in [2.75, 3.05) is 13.2 Å². The predicted octanol–water partition coefficient (Wildman–Crippen LogP) is 4.40. The van der Waals surface area contributed by atoms with Crippen LogP contribution in [0.15, 0.2) is 29.6 Å². The average Bonchev–Trinajstić information content (AvgIpc) is 2.96. The highest BCUT2D eigenvalue weighted by atomic mass is 32.1. The fourth-order valence-electron chi connectivity index (χ4n) is 2.21. The zero-order valence-electron chi connectivity index (χ0n) is 12.7. The van der Waals surface area contributed by atoms with Crippen molar-refractivity contribution in [1.82, 2.24) is 5.32 Å². The summed E-state index contributed by atoms with van der Waals surface area (Å²) in [6, 6.07) is 8.92. The number of rotatable bonds is 6. The summed E-state index contributed by atoms with van der Waals surface area (Å²) in [6.45, 7) is 10.1. The van der Waals surface area contributed by atoms with Gasteiger partial charge in [0.05, 0.1) is 0 Å². The van der Waals surface area contributed by atoms with Crippen molar-refractivity contribution < 1.29 is 4.74 Å². The SMILES string of the molecule is Cc1ccc(C)c(OCCNC(C)c2cccs2)c1C. The van der Waals surface area contributed by atoms with E-state index in [2.05, 4.69) is 62.7 Å². The van der Waals surface area contributed by atoms with Gasteiger partial charge in [0.25, 0.3) is 0 Å². The molecule has 0 radical (unpaired) electrons. The monoisotopic (exact) mass is 289 g/mol. The molecule has 3 heteroatoms. The molecule has 1 N–H and O–H groups in total. The molecule has 0 amide bonds. The molecule has 0 aliphatic rings. The quantitative estimate of drug-likeness (QED) is 0.796. The maximum atomic E-state index is 5.96. The summed E-state index contributed by atoms with van der Waals surface area (Å²) in [7, 11) is 0. The lowest BCUT2D eigenvalue weighted by Gasteiger charge is -2.16. The van der Waals surface area contributed by atoms with E-state index in [1.54, 1.807) is 11.3 Å². The number of aryl methyl sites for hydroxylation is 2. The minimum absolute atomic E-state index is 0.387. The molecule has 1 heterocycles. The molecule has 1 unspecified atom stereocenters. The molecule has 0 aliphatic carbocycles. The van der Waals surface area contributed by atoms with Gasteiger partial charge in [-0.2, -0.15) is 0 Å². The van der Waals surface area contributed by atoms with E-state index in [4.69, 9.17) is 4.74 Å². The van der Waals surface area contributed by atoms with Crippen molar-refractivity contribution >= 4 is 11.3 Å². The largest absolute Gasteiger partial charge is 0.492 e. The molecule has 2 nitrogen and oxygen atoms in total. The van der Waals surface area contributed by atoms with Crippen molar-refractivity contribution in [2.24, 2.45) is 0 Å². The lowest BCUT2D eigenvalue weighted by atomic mass is 10.1. The summed E-state index contributed by atoms with van der Waals surface area (Å²) in [5.41, 5.74) is 3.74. The van der Waals surface area contributed by atoms with Crippen LogP contribution >= 0.6 is 11.3 Å². The Morgan fingerprint density at radius 2 is 1.90 bits per heavy atom. The summed E-state index contributed by atoms with van der Waals surface area (Å²) >= 11 is 1.79. The first-order valence-electron chi connectivity index (χ1n) is 7.06. The second-order valence-electron chi connectivity index (χ2n) is 5.19. The number of ether oxygens (including phenoxy) is 1. The predicted molar refractivity (Wildman–Crippen MR) is 86.9 cm³/mol. The van der Waals surface area contributed by atoms with Gasteiger partial charge < -0.3 is 10.1 Å². The number of thiophene rings is 1. The molecule has 0 spiro atoms. The van der Waals surface area contributed by atoms with Crippen molar-refractivity contribution in [3.05, 3.63) is 51.2 Å². The van der Waals surface area contributed by atoms with Crippen molar-refractivity contribution in [2.45, 2.75) is 33.7 Å². The molecule has 0 aliphatic heterocycles. The third-order valence-electron chi connectivity index (χ3n) is 3.64. The Morgan fingerprint density at radius 1 is 1.15 bits per heavy atom. The number of benzene rings is 1. The fraction of sp³-hybridized carbons (Fsp3) is 0.412. The number of nitrogens with one attached hydrogen (secondary N) is 1. The Bertz CT molecular complexity index is 548. The van der Waals surface area contributed by atoms with Gasteiger partial charge in [0, 0.05) is 17.5 Å². The zero-order valence-corrected chi connectivity index (χ0v) is 13.5. The Morgan fingerprint density at radius 3 is 2.60 bits per heavy atom. The van der Waals surface area contributed by atoms with Crippen LogP contribution in [0.4, 0.5) is 0 Å². The Balaban J connectivity index is 1.83. The van der Waals surface area contributed by atoms with Crippen molar-refractivity contribution in [3.63, 3.8) is 0 Å². The standard InChI is InChI=1S/C17H23NOS/c1-12-7-8-13(2)17(14(12)3)19-10-9-18-15(4)16-6-5-11-20-16/h5-8,11,15,18H,9-10H2,1-4H3. The lowest BCUT2D eigenvalue weighted by Crippen LogP contribution is -2.24. The van der Waals surface area contributed by atoms with Gasteiger partial charge in [-0.1, -0.05) is 18.2 Å². The first-order valence-corrected chi connectivity index (χ1v) is 7.94. The van der Waals surface area contributed by atoms with Gasteiger partial charge in [-0.15, -0.1) is 11.3 Å². The van der Waals surface area contributed by atoms with Crippen LogP contribution in [-0.4, -0.2) is 13.2 Å². The smallest absolute Gasteiger partial charge is 0.125 e. The van der Waals surface area contributed by atoms with Gasteiger partial charge in [-0.05, 0) is 55.8 Å². The lowest BCUT2D eigenvalue weighted by molar-refractivity contribution is 0.304. The number of hydrogen-bond acceptors (Lipinski definition) is 3. The third kappa shape index (κ3) is 3.62. The molecule has 0 saturated heterocycles. The van der Waals surface area contributed by atoms with E-state index in [0.717, 1.165) is 12.3 Å². The number of hydrogen-bond donors (Lipinski definition) is 1. The Hall–Kier alpha value is -1.32. The molecule has 2 aromatic rings. The first kappa shape index (κ1) is 15.1. The second kappa shape index (κ2) is 6.91. The average molecular weight is 289 g/mol. The van der Waals surface area contributed by atoms with Crippen LogP contribution in [0.2, 0.25) is 0 Å². The van der Waals surface area contributed by atoms with Crippen LogP contribution in [0.5, 0.6) is 5.75 Å². The molecule has 0 fully saturated rings. The van der Waals surface area contributed by atoms with E-state index in [0.29, 0.717) is 12.6 Å². The van der Waals surface area contributed by atoms with Crippen LogP contribution in [0.1, 0.15) is 34.5 Å². The van der Waals surface area contributed by atoms with E-state index < -0.39 is 0 Å². The molecule has 1 aromatic carbocycles. The highest BCUT2D eigenvalue weighted by molar-refractivity contribution is 7.10. The fourth-order valence-corrected chi connectivity index (χ4v) is 2.97. The summed E-state index contributed by atoms with van der Waals surface area (Å²) in [5, 5.41) is 5.61. The van der Waals surface area contributed by atoms with E-state index in [9.17, 15) is 0 Å². The minimum atomic E-state index is 0.387. The van der Waals surface area contributed by atoms with Gasteiger partial charge >= 0.3 is 0 Å². The van der Waals surface area contributed by atoms with E-state index in [-0.39, 0.29) is 0 Å². The highest BCUT2D eigenvalue weighted by Gasteiger charge is 2.07. The molecule has 1 aromatic heterocycles. The normalized spacial score (nSPS) is 12.4. The third-order valence-corrected chi connectivity index (χ3v) is 4.70. The summed E-state index contributed by atoms with van der Waals surface area (Å²) in [4.78, 5) is 1.37. The van der Waals surface area contributed by atoms with Crippen LogP contribution in [0, 0.1) is 20.8 Å². The molecule has 0 saturated carbocycles. The van der Waals surface area contributed by atoms with Gasteiger partial charge in [-0.25, -0.2) is 0 Å². The van der Waals surface area contributed by atoms with Gasteiger partial charge in [-0.3, -0.25) is 0 Å². The summed E-state index contributed by atoms with van der Waals surface area (Å²) in [5.74, 6) is 1.04. The summed E-state index contributed by atoms with van der Waals surface area (Å²) < 4.78 is 5.96. The van der Waals surface area contributed by atoms with Crippen LogP contribution in [0.3, 0.4) is 0 Å². The minimum Gasteiger partial charge on any atom is -0.492 e. The van der Waals surface area contributed by atoms with E-state index in [1.807, 2.05) is 0 Å². The molecule has 2 rings (SSSR count). The maximum Gasteiger partial charge on any atom is 0.125 e. The molecule has 0 bridgehead atoms. The molecule has 1 atom stereocenters. The van der Waals surface area contributed by atoms with E-state index >= 15 is 0 Å². The highest BCUT2D eigenvalue weighted by Crippen LogP contribution is 2.25. The van der Waals surface area contributed by atoms with Crippen LogP contribution in [-0.2, 0) is 0 Å². The van der Waals surface area contributed by atoms with Gasteiger partial charge in [0.1, 0.15) is 12.4 Å². The molecule has 20 heavy (non-hydrogen) atoms. The second-order valence-corrected chi connectivity index (χ2v) is 6.17. The first-order chi connectivity index (χ1) is 9.59. The van der Waals surface area contributed by atoms with Gasteiger partial charge in [0.2, 0.25) is 0 Å². The maximum absolute atomic E-state index is 5.96. The van der Waals surface area contributed by atoms with Crippen molar-refractivity contribution in [1.29, 1.82) is 0 Å². The molecular weight excluding hydrogens is 266 g/mol.